The van der Waals surface area contributed by atoms with E-state index in [0.717, 1.165) is 22.5 Å². The van der Waals surface area contributed by atoms with Gasteiger partial charge in [0.1, 0.15) is 10.5 Å². The molecule has 0 fully saturated rings. The SMILES string of the molecule is Cn1cc(-c2ccccc2)c(=S)nc1-c1ccccc1. The highest BCUT2D eigenvalue weighted by Gasteiger charge is 2.07. The minimum Gasteiger partial charge on any atom is -0.335 e. The highest BCUT2D eigenvalue weighted by Crippen LogP contribution is 2.23. The predicted molar refractivity (Wildman–Crippen MR) is 84.9 cm³/mol. The van der Waals surface area contributed by atoms with Gasteiger partial charge < -0.3 is 4.57 Å². The quantitative estimate of drug-likeness (QED) is 0.643. The monoisotopic (exact) mass is 278 g/mol. The summed E-state index contributed by atoms with van der Waals surface area (Å²) in [5, 5.41) is 0. The molecular formula is C17H14N2S. The molecule has 20 heavy (non-hydrogen) atoms. The summed E-state index contributed by atoms with van der Waals surface area (Å²) < 4.78 is 2.65. The second-order valence-electron chi connectivity index (χ2n) is 4.63. The number of nitrogens with zero attached hydrogens (tertiary/aromatic N) is 2. The number of benzene rings is 2. The van der Waals surface area contributed by atoms with E-state index >= 15 is 0 Å². The Morgan fingerprint density at radius 2 is 1.40 bits per heavy atom. The van der Waals surface area contributed by atoms with Crippen molar-refractivity contribution < 1.29 is 0 Å². The fourth-order valence-corrected chi connectivity index (χ4v) is 2.47. The fourth-order valence-electron chi connectivity index (χ4n) is 2.22. The van der Waals surface area contributed by atoms with Crippen molar-refractivity contribution in [1.29, 1.82) is 0 Å². The molecule has 1 aromatic heterocycles. The molecule has 3 rings (SSSR count). The third kappa shape index (κ3) is 2.40. The molecule has 0 spiro atoms. The summed E-state index contributed by atoms with van der Waals surface area (Å²) in [6.45, 7) is 0. The van der Waals surface area contributed by atoms with E-state index in [1.165, 1.54) is 0 Å². The summed E-state index contributed by atoms with van der Waals surface area (Å²) in [5.41, 5.74) is 3.16. The van der Waals surface area contributed by atoms with Gasteiger partial charge >= 0.3 is 0 Å². The van der Waals surface area contributed by atoms with Crippen LogP contribution in [0.4, 0.5) is 0 Å². The van der Waals surface area contributed by atoms with Crippen LogP contribution in [0.25, 0.3) is 22.5 Å². The normalized spacial score (nSPS) is 10.4. The van der Waals surface area contributed by atoms with Gasteiger partial charge in [-0.25, -0.2) is 4.98 Å². The van der Waals surface area contributed by atoms with Crippen LogP contribution < -0.4 is 0 Å². The number of aryl methyl sites for hydroxylation is 1. The molecule has 0 aliphatic heterocycles. The Morgan fingerprint density at radius 3 is 2.00 bits per heavy atom. The van der Waals surface area contributed by atoms with Crippen LogP contribution in [0.2, 0.25) is 0 Å². The Hall–Kier alpha value is -2.26. The third-order valence-corrected chi connectivity index (χ3v) is 3.52. The van der Waals surface area contributed by atoms with Crippen molar-refractivity contribution in [2.45, 2.75) is 0 Å². The molecule has 0 unspecified atom stereocenters. The zero-order valence-corrected chi connectivity index (χ0v) is 12.0. The zero-order valence-electron chi connectivity index (χ0n) is 11.2. The van der Waals surface area contributed by atoms with Crippen molar-refractivity contribution in [3.63, 3.8) is 0 Å². The molecule has 0 bridgehead atoms. The van der Waals surface area contributed by atoms with Crippen LogP contribution in [-0.2, 0) is 7.05 Å². The summed E-state index contributed by atoms with van der Waals surface area (Å²) in [5.74, 6) is 0.885. The minimum absolute atomic E-state index is 0.633. The standard InChI is InChI=1S/C17H14N2S/c1-19-12-15(13-8-4-2-5-9-13)17(20)18-16(19)14-10-6-3-7-11-14/h2-12H,1H3. The molecule has 0 saturated heterocycles. The molecule has 3 aromatic rings. The minimum atomic E-state index is 0.633. The molecule has 1 heterocycles. The Kier molecular flexibility index (Phi) is 3.44. The Morgan fingerprint density at radius 1 is 0.850 bits per heavy atom. The van der Waals surface area contributed by atoms with E-state index in [-0.39, 0.29) is 0 Å². The van der Waals surface area contributed by atoms with Crippen LogP contribution in [-0.4, -0.2) is 9.55 Å². The van der Waals surface area contributed by atoms with Gasteiger partial charge in [-0.1, -0.05) is 72.9 Å². The molecule has 0 amide bonds. The maximum atomic E-state index is 5.46. The van der Waals surface area contributed by atoms with Gasteiger partial charge in [-0.2, -0.15) is 0 Å². The molecule has 0 aliphatic rings. The van der Waals surface area contributed by atoms with Crippen LogP contribution >= 0.6 is 12.2 Å². The van der Waals surface area contributed by atoms with Gasteiger partial charge in [0.15, 0.2) is 0 Å². The van der Waals surface area contributed by atoms with Gasteiger partial charge in [-0.05, 0) is 5.56 Å². The van der Waals surface area contributed by atoms with Crippen molar-refractivity contribution in [3.8, 4) is 22.5 Å². The summed E-state index contributed by atoms with van der Waals surface area (Å²) in [4.78, 5) is 4.60. The molecular weight excluding hydrogens is 264 g/mol. The van der Waals surface area contributed by atoms with Crippen molar-refractivity contribution in [2.24, 2.45) is 7.05 Å². The van der Waals surface area contributed by atoms with Crippen LogP contribution in [0.1, 0.15) is 0 Å². The maximum Gasteiger partial charge on any atom is 0.141 e. The van der Waals surface area contributed by atoms with Gasteiger partial charge in [-0.3, -0.25) is 0 Å². The molecule has 2 nitrogen and oxygen atoms in total. The Bertz CT molecular complexity index is 777. The third-order valence-electron chi connectivity index (χ3n) is 3.21. The van der Waals surface area contributed by atoms with Crippen LogP contribution in [0, 0.1) is 4.64 Å². The molecule has 3 heteroatoms. The Balaban J connectivity index is 2.15. The lowest BCUT2D eigenvalue weighted by atomic mass is 10.1. The van der Waals surface area contributed by atoms with E-state index in [2.05, 4.69) is 17.1 Å². The fraction of sp³-hybridized carbons (Fsp3) is 0.0588. The molecule has 0 aliphatic carbocycles. The van der Waals surface area contributed by atoms with E-state index < -0.39 is 0 Å². The van der Waals surface area contributed by atoms with Gasteiger partial charge in [0, 0.05) is 24.4 Å². The topological polar surface area (TPSA) is 17.8 Å². The summed E-state index contributed by atoms with van der Waals surface area (Å²) >= 11 is 5.46. The molecule has 0 atom stereocenters. The van der Waals surface area contributed by atoms with Crippen LogP contribution in [0.15, 0.2) is 66.9 Å². The van der Waals surface area contributed by atoms with Crippen molar-refractivity contribution in [2.75, 3.05) is 0 Å². The molecule has 0 radical (unpaired) electrons. The highest BCUT2D eigenvalue weighted by atomic mass is 32.1. The lowest BCUT2D eigenvalue weighted by molar-refractivity contribution is 0.876. The smallest absolute Gasteiger partial charge is 0.141 e. The average molecular weight is 278 g/mol. The van der Waals surface area contributed by atoms with Gasteiger partial charge in [-0.15, -0.1) is 0 Å². The van der Waals surface area contributed by atoms with Crippen LogP contribution in [0.3, 0.4) is 0 Å². The second-order valence-corrected chi connectivity index (χ2v) is 5.01. The lowest BCUT2D eigenvalue weighted by Gasteiger charge is -2.11. The predicted octanol–water partition coefficient (Wildman–Crippen LogP) is 4.48. The molecule has 2 aromatic carbocycles. The maximum absolute atomic E-state index is 5.46. The van der Waals surface area contributed by atoms with E-state index in [9.17, 15) is 0 Å². The van der Waals surface area contributed by atoms with Crippen molar-refractivity contribution in [3.05, 3.63) is 71.5 Å². The number of aromatic nitrogens is 2. The first-order valence-corrected chi connectivity index (χ1v) is 6.85. The highest BCUT2D eigenvalue weighted by molar-refractivity contribution is 7.71. The first-order chi connectivity index (χ1) is 9.75. The largest absolute Gasteiger partial charge is 0.335 e. The van der Waals surface area contributed by atoms with Crippen LogP contribution in [0.5, 0.6) is 0 Å². The van der Waals surface area contributed by atoms with E-state index in [0.29, 0.717) is 4.64 Å². The van der Waals surface area contributed by atoms with Gasteiger partial charge in [0.2, 0.25) is 0 Å². The van der Waals surface area contributed by atoms with E-state index in [4.69, 9.17) is 12.2 Å². The first kappa shape index (κ1) is 12.8. The zero-order chi connectivity index (χ0) is 13.9. The van der Waals surface area contributed by atoms with Gasteiger partial charge in [0.25, 0.3) is 0 Å². The van der Waals surface area contributed by atoms with Crippen molar-refractivity contribution in [1.82, 2.24) is 9.55 Å². The summed E-state index contributed by atoms with van der Waals surface area (Å²) in [6.07, 6.45) is 2.05. The van der Waals surface area contributed by atoms with Crippen molar-refractivity contribution >= 4 is 12.2 Å². The molecule has 0 N–H and O–H groups in total. The lowest BCUT2D eigenvalue weighted by Crippen LogP contribution is -2.01. The summed E-state index contributed by atoms with van der Waals surface area (Å²) in [7, 11) is 2.00. The number of hydrogen-bond acceptors (Lipinski definition) is 2. The Labute approximate surface area is 123 Å². The van der Waals surface area contributed by atoms with E-state index in [1.807, 2.05) is 66.3 Å². The van der Waals surface area contributed by atoms with Gasteiger partial charge in [0.05, 0.1) is 0 Å². The molecule has 0 saturated carbocycles. The number of hydrogen-bond donors (Lipinski definition) is 0. The average Bonchev–Trinajstić information content (AvgIpc) is 2.51. The van der Waals surface area contributed by atoms with E-state index in [1.54, 1.807) is 0 Å². The first-order valence-electron chi connectivity index (χ1n) is 6.44. The summed E-state index contributed by atoms with van der Waals surface area (Å²) in [6, 6.07) is 20.2. The molecule has 98 valence electrons. The number of rotatable bonds is 2. The second kappa shape index (κ2) is 5.39.